The molecule has 1 rings (SSSR count). The van der Waals surface area contributed by atoms with E-state index in [0.717, 1.165) is 0 Å². The maximum atomic E-state index is 11.6. The van der Waals surface area contributed by atoms with Crippen molar-refractivity contribution in [1.29, 1.82) is 0 Å². The van der Waals surface area contributed by atoms with Crippen LogP contribution in [0.2, 0.25) is 0 Å². The van der Waals surface area contributed by atoms with Crippen molar-refractivity contribution in [3.63, 3.8) is 0 Å². The summed E-state index contributed by atoms with van der Waals surface area (Å²) in [5.41, 5.74) is 1.35. The third-order valence-corrected chi connectivity index (χ3v) is 3.82. The van der Waals surface area contributed by atoms with Gasteiger partial charge < -0.3 is 0 Å². The van der Waals surface area contributed by atoms with Crippen LogP contribution in [0.1, 0.15) is 51.0 Å². The second-order valence-electron chi connectivity index (χ2n) is 6.38. The Bertz CT molecular complexity index is 556. The number of aryl methyl sites for hydroxylation is 2. The van der Waals surface area contributed by atoms with Gasteiger partial charge in [-0.3, -0.25) is 0 Å². The molecule has 0 N–H and O–H groups in total. The third kappa shape index (κ3) is 8.26. The number of alkyl halides is 9. The number of nitrogens with zero attached hydrogens (tertiary/aromatic N) is 1. The summed E-state index contributed by atoms with van der Waals surface area (Å²) in [4.78, 5) is 0. The van der Waals surface area contributed by atoms with Gasteiger partial charge in [0.15, 0.2) is 12.4 Å². The van der Waals surface area contributed by atoms with Crippen molar-refractivity contribution in [2.24, 2.45) is 0 Å². The quantitative estimate of drug-likeness (QED) is 0.234. The van der Waals surface area contributed by atoms with E-state index in [4.69, 9.17) is 0 Å². The van der Waals surface area contributed by atoms with E-state index < -0.39 is 24.4 Å². The fourth-order valence-corrected chi connectivity index (χ4v) is 2.19. The molecule has 0 fully saturated rings. The average Bonchev–Trinajstić information content (AvgIpc) is 2.57. The predicted octanol–water partition coefficient (Wildman–Crippen LogP) is 6.73. The van der Waals surface area contributed by atoms with Gasteiger partial charge in [-0.2, -0.15) is 30.7 Å². The highest BCUT2D eigenvalue weighted by atomic mass is 19.4. The molecular formula is C18H25F9N+. The molecule has 0 unspecified atom stereocenters. The molecule has 1 aromatic heterocycles. The SMILES string of the molecule is CCCCCCCC[n+]1cccc(C)c1.FC(F)C(F)(F)C(F)(F)C(F)(F)F. The first-order valence-electron chi connectivity index (χ1n) is 8.83. The third-order valence-electron chi connectivity index (χ3n) is 3.82. The molecule has 0 aliphatic rings. The molecule has 0 atom stereocenters. The van der Waals surface area contributed by atoms with Crippen LogP contribution in [0.5, 0.6) is 0 Å². The van der Waals surface area contributed by atoms with Crippen molar-refractivity contribution in [3.8, 4) is 0 Å². The summed E-state index contributed by atoms with van der Waals surface area (Å²) in [5.74, 6) is -13.1. The summed E-state index contributed by atoms with van der Waals surface area (Å²) < 4.78 is 104. The zero-order chi connectivity index (χ0) is 22.0. The van der Waals surface area contributed by atoms with Crippen LogP contribution in [-0.4, -0.2) is 24.4 Å². The molecule has 1 heterocycles. The minimum atomic E-state index is -6.73. The van der Waals surface area contributed by atoms with Gasteiger partial charge in [-0.05, 0) is 19.4 Å². The molecule has 0 amide bonds. The van der Waals surface area contributed by atoms with Crippen LogP contribution >= 0.6 is 0 Å². The maximum Gasteiger partial charge on any atom is 0.460 e. The van der Waals surface area contributed by atoms with Gasteiger partial charge in [0.05, 0.1) is 0 Å². The monoisotopic (exact) mass is 426 g/mol. The van der Waals surface area contributed by atoms with Gasteiger partial charge in [0.1, 0.15) is 6.54 Å². The maximum absolute atomic E-state index is 11.6. The number of hydrogen-bond donors (Lipinski definition) is 0. The Labute approximate surface area is 158 Å². The molecule has 0 bridgehead atoms. The predicted molar refractivity (Wildman–Crippen MR) is 86.7 cm³/mol. The van der Waals surface area contributed by atoms with E-state index in [1.165, 1.54) is 50.6 Å². The lowest BCUT2D eigenvalue weighted by Crippen LogP contribution is -2.55. The Morgan fingerprint density at radius 1 is 0.893 bits per heavy atom. The topological polar surface area (TPSA) is 3.88 Å². The summed E-state index contributed by atoms with van der Waals surface area (Å²) in [6, 6.07) is 4.28. The van der Waals surface area contributed by atoms with Gasteiger partial charge in [-0.1, -0.05) is 32.6 Å². The van der Waals surface area contributed by atoms with E-state index in [2.05, 4.69) is 42.9 Å². The molecule has 28 heavy (non-hydrogen) atoms. The van der Waals surface area contributed by atoms with Gasteiger partial charge >= 0.3 is 24.4 Å². The summed E-state index contributed by atoms with van der Waals surface area (Å²) in [7, 11) is 0. The van der Waals surface area contributed by atoms with Crippen molar-refractivity contribution in [2.75, 3.05) is 0 Å². The van der Waals surface area contributed by atoms with Crippen LogP contribution in [0, 0.1) is 6.92 Å². The number of rotatable bonds is 9. The molecule has 0 saturated heterocycles. The fraction of sp³-hybridized carbons (Fsp3) is 0.722. The lowest BCUT2D eigenvalue weighted by atomic mass is 10.1. The van der Waals surface area contributed by atoms with Crippen LogP contribution in [0.15, 0.2) is 24.5 Å². The molecule has 0 saturated carbocycles. The van der Waals surface area contributed by atoms with Crippen molar-refractivity contribution >= 4 is 0 Å². The van der Waals surface area contributed by atoms with Crippen LogP contribution in [0.4, 0.5) is 39.5 Å². The largest absolute Gasteiger partial charge is 0.460 e. The van der Waals surface area contributed by atoms with Crippen LogP contribution in [-0.2, 0) is 6.54 Å². The highest BCUT2D eigenvalue weighted by molar-refractivity contribution is 5.01. The Hall–Kier alpha value is -1.48. The van der Waals surface area contributed by atoms with E-state index in [1.807, 2.05) is 0 Å². The lowest BCUT2D eigenvalue weighted by molar-refractivity contribution is -0.697. The molecule has 0 radical (unpaired) electrons. The Morgan fingerprint density at radius 2 is 1.43 bits per heavy atom. The van der Waals surface area contributed by atoms with Gasteiger partial charge in [0.25, 0.3) is 0 Å². The second-order valence-corrected chi connectivity index (χ2v) is 6.38. The van der Waals surface area contributed by atoms with Gasteiger partial charge in [-0.25, -0.2) is 13.3 Å². The minimum Gasteiger partial charge on any atom is -0.205 e. The summed E-state index contributed by atoms with van der Waals surface area (Å²) in [6.07, 6.45) is 0.861. The van der Waals surface area contributed by atoms with E-state index in [9.17, 15) is 39.5 Å². The van der Waals surface area contributed by atoms with E-state index in [-0.39, 0.29) is 0 Å². The lowest BCUT2D eigenvalue weighted by Gasteiger charge is -2.27. The highest BCUT2D eigenvalue weighted by Gasteiger charge is 2.76. The molecule has 1 aromatic rings. The Balaban J connectivity index is 0.000000528. The van der Waals surface area contributed by atoms with Gasteiger partial charge in [-0.15, -0.1) is 0 Å². The minimum absolute atomic E-state index is 1.17. The van der Waals surface area contributed by atoms with Crippen LogP contribution in [0.3, 0.4) is 0 Å². The molecule has 10 heteroatoms. The molecule has 0 aromatic carbocycles. The zero-order valence-corrected chi connectivity index (χ0v) is 15.7. The number of hydrogen-bond acceptors (Lipinski definition) is 0. The normalized spacial score (nSPS) is 12.7. The highest BCUT2D eigenvalue weighted by Crippen LogP contribution is 2.48. The Kier molecular flexibility index (Phi) is 10.9. The number of unbranched alkanes of at least 4 members (excludes halogenated alkanes) is 5. The molecule has 0 spiro atoms. The van der Waals surface area contributed by atoms with Crippen LogP contribution in [0.25, 0.3) is 0 Å². The summed E-state index contributed by atoms with van der Waals surface area (Å²) in [6.45, 7) is 5.59. The van der Waals surface area contributed by atoms with Crippen molar-refractivity contribution in [3.05, 3.63) is 30.1 Å². The smallest absolute Gasteiger partial charge is 0.205 e. The first-order chi connectivity index (χ1) is 12.8. The van der Waals surface area contributed by atoms with Crippen LogP contribution < -0.4 is 4.57 Å². The number of aromatic nitrogens is 1. The number of halogens is 9. The van der Waals surface area contributed by atoms with E-state index >= 15 is 0 Å². The van der Waals surface area contributed by atoms with Crippen molar-refractivity contribution in [2.45, 2.75) is 83.4 Å². The standard InChI is InChI=1S/C14H24N.C4HF9/c1-3-4-5-6-7-8-11-15-12-9-10-14(2)13-15;5-1(6)2(7,8)3(9,10)4(11,12)13/h9-10,12-13H,3-8,11H2,1-2H3;1H/q+1;. The molecule has 164 valence electrons. The molecule has 1 nitrogen and oxygen atoms in total. The average molecular weight is 426 g/mol. The van der Waals surface area contributed by atoms with Gasteiger partial charge in [0.2, 0.25) is 0 Å². The fourth-order valence-electron chi connectivity index (χ4n) is 2.19. The summed E-state index contributed by atoms with van der Waals surface area (Å²) in [5, 5.41) is 0. The second kappa shape index (κ2) is 11.5. The van der Waals surface area contributed by atoms with E-state index in [0.29, 0.717) is 0 Å². The first-order valence-corrected chi connectivity index (χ1v) is 8.83. The Morgan fingerprint density at radius 3 is 1.86 bits per heavy atom. The zero-order valence-electron chi connectivity index (χ0n) is 15.7. The van der Waals surface area contributed by atoms with Crippen molar-refractivity contribution < 1.29 is 44.1 Å². The van der Waals surface area contributed by atoms with E-state index in [1.54, 1.807) is 0 Å². The van der Waals surface area contributed by atoms with Crippen molar-refractivity contribution in [1.82, 2.24) is 0 Å². The molecule has 0 aliphatic heterocycles. The summed E-state index contributed by atoms with van der Waals surface area (Å²) >= 11 is 0. The van der Waals surface area contributed by atoms with Gasteiger partial charge in [0, 0.05) is 18.1 Å². The molecular weight excluding hydrogens is 401 g/mol. The number of pyridine rings is 1. The molecule has 0 aliphatic carbocycles. The first kappa shape index (κ1) is 26.5.